The maximum Gasteiger partial charge on any atom is 0.220 e. The second-order valence-electron chi connectivity index (χ2n) is 11.4. The molecule has 2 fully saturated rings. The van der Waals surface area contributed by atoms with Crippen LogP contribution in [0.15, 0.2) is 42.5 Å². The molecule has 2 aromatic carbocycles. The van der Waals surface area contributed by atoms with Crippen molar-refractivity contribution < 1.29 is 7.31 Å². The van der Waals surface area contributed by atoms with Gasteiger partial charge in [0.05, 0.1) is 12.3 Å². The van der Waals surface area contributed by atoms with Gasteiger partial charge in [-0.25, -0.2) is 4.57 Å². The van der Waals surface area contributed by atoms with E-state index in [1.54, 1.807) is 5.56 Å². The van der Waals surface area contributed by atoms with Gasteiger partial charge in [0.1, 0.15) is 8.42 Å². The van der Waals surface area contributed by atoms with Crippen molar-refractivity contribution in [2.24, 2.45) is 7.05 Å². The molecule has 0 saturated heterocycles. The summed E-state index contributed by atoms with van der Waals surface area (Å²) in [6, 6.07) is 12.2. The topological polar surface area (TPSA) is 3.88 Å². The molecule has 1 heteroatoms. The highest BCUT2D eigenvalue weighted by molar-refractivity contribution is 5.94. The van der Waals surface area contributed by atoms with Gasteiger partial charge in [-0.15, -0.1) is 0 Å². The van der Waals surface area contributed by atoms with Crippen LogP contribution < -0.4 is 4.57 Å². The van der Waals surface area contributed by atoms with Crippen LogP contribution in [0.1, 0.15) is 134 Å². The van der Waals surface area contributed by atoms with Gasteiger partial charge in [0.15, 0.2) is 6.17 Å². The second kappa shape index (κ2) is 10.9. The lowest BCUT2D eigenvalue weighted by atomic mass is 9.76. The Morgan fingerprint density at radius 1 is 0.886 bits per heavy atom. The van der Waals surface area contributed by atoms with Crippen molar-refractivity contribution in [1.29, 1.82) is 0 Å². The van der Waals surface area contributed by atoms with Gasteiger partial charge in [-0.3, -0.25) is 0 Å². The van der Waals surface area contributed by atoms with Crippen LogP contribution in [0, 0.1) is 6.92 Å². The number of benzene rings is 2. The molecule has 2 aliphatic rings. The number of nitrogens with zero attached hydrogens (tertiary/aromatic N) is 1. The lowest BCUT2D eigenvalue weighted by Gasteiger charge is -2.28. The molecule has 0 aliphatic heterocycles. The molecule has 1 nitrogen and oxygen atoms in total. The molecule has 2 saturated carbocycles. The molecule has 5 rings (SSSR count). The third kappa shape index (κ3) is 4.93. The van der Waals surface area contributed by atoms with Crippen molar-refractivity contribution in [2.75, 3.05) is 0 Å². The highest BCUT2D eigenvalue weighted by Gasteiger charge is 2.26. The van der Waals surface area contributed by atoms with Crippen LogP contribution in [0.4, 0.5) is 0 Å². The third-order valence-electron chi connectivity index (χ3n) is 9.30. The molecule has 3 aromatic rings. The van der Waals surface area contributed by atoms with Crippen molar-refractivity contribution in [3.05, 3.63) is 64.8 Å². The van der Waals surface area contributed by atoms with E-state index in [1.165, 1.54) is 86.5 Å². The van der Waals surface area contributed by atoms with Gasteiger partial charge in [0, 0.05) is 6.04 Å². The molecule has 0 unspecified atom stereocenters. The Hall–Kier alpha value is -2.15. The van der Waals surface area contributed by atoms with Gasteiger partial charge in [-0.1, -0.05) is 70.6 Å². The lowest BCUT2D eigenvalue weighted by molar-refractivity contribution is -0.659. The number of hydrogen-bond donors (Lipinski definition) is 0. The highest BCUT2D eigenvalue weighted by atomic mass is 14.9. The van der Waals surface area contributed by atoms with Crippen LogP contribution in [0.3, 0.4) is 0 Å². The van der Waals surface area contributed by atoms with Crippen LogP contribution in [-0.2, 0) is 7.05 Å². The standard InChI is InChI=1S/C34H46N/c1-5-25(6-2)28-17-18-31-29(21-28)19-20-35(4)34(31)33-23-30(26-13-9-7-10-14-26)22-32(24(33)3)27-15-11-8-12-16-27/h17-23,25-27H,5-16H2,1-4H3/q+1/i19D,20D. The summed E-state index contributed by atoms with van der Waals surface area (Å²) in [6.45, 7) is 6.82. The molecular formula is C34H46N+. The van der Waals surface area contributed by atoms with Crippen LogP contribution in [0.25, 0.3) is 22.0 Å². The Bertz CT molecular complexity index is 1260. The Labute approximate surface area is 216 Å². The fraction of sp³-hybridized carbons (Fsp3) is 0.559. The number of pyridine rings is 1. The van der Waals surface area contributed by atoms with E-state index in [1.807, 2.05) is 11.6 Å². The van der Waals surface area contributed by atoms with Crippen LogP contribution in [0.2, 0.25) is 0 Å². The molecule has 186 valence electrons. The molecule has 0 bridgehead atoms. The minimum atomic E-state index is 0.311. The van der Waals surface area contributed by atoms with Gasteiger partial charge in [0.2, 0.25) is 5.69 Å². The van der Waals surface area contributed by atoms with E-state index < -0.39 is 0 Å². The Morgan fingerprint density at radius 2 is 1.54 bits per heavy atom. The molecule has 0 N–H and O–H groups in total. The largest absolute Gasteiger partial charge is 0.220 e. The predicted octanol–water partition coefficient (Wildman–Crippen LogP) is 9.64. The van der Waals surface area contributed by atoms with E-state index in [-0.39, 0.29) is 0 Å². The number of hydrogen-bond acceptors (Lipinski definition) is 0. The zero-order valence-corrected chi connectivity index (χ0v) is 22.6. The van der Waals surface area contributed by atoms with Crippen LogP contribution in [-0.4, -0.2) is 0 Å². The average molecular weight is 471 g/mol. The van der Waals surface area contributed by atoms with Crippen molar-refractivity contribution in [3.63, 3.8) is 0 Å². The molecule has 1 heterocycles. The first kappa shape index (κ1) is 22.1. The monoisotopic (exact) mass is 470 g/mol. The number of rotatable bonds is 6. The molecule has 0 amide bonds. The van der Waals surface area contributed by atoms with Crippen molar-refractivity contribution in [3.8, 4) is 11.3 Å². The quantitative estimate of drug-likeness (QED) is 0.316. The SMILES string of the molecule is [2H]c1c([2H])[n+](C)c(-c2cc(C3CCCCC3)cc(C3CCCCC3)c2C)c2ccc(C(CC)CC)cc12. The summed E-state index contributed by atoms with van der Waals surface area (Å²) in [5.74, 6) is 1.81. The predicted molar refractivity (Wildman–Crippen MR) is 150 cm³/mol. The number of fused-ring (bicyclic) bond motifs is 1. The summed E-state index contributed by atoms with van der Waals surface area (Å²) >= 11 is 0. The summed E-state index contributed by atoms with van der Waals surface area (Å²) in [6.07, 6.45) is 15.8. The van der Waals surface area contributed by atoms with E-state index in [4.69, 9.17) is 2.74 Å². The lowest BCUT2D eigenvalue weighted by Crippen LogP contribution is -2.31. The molecule has 0 spiro atoms. The zero-order valence-electron chi connectivity index (χ0n) is 24.6. The zero-order chi connectivity index (χ0) is 26.1. The smallest absolute Gasteiger partial charge is 0.200 e. The van der Waals surface area contributed by atoms with Crippen LogP contribution in [0.5, 0.6) is 0 Å². The molecule has 35 heavy (non-hydrogen) atoms. The minimum absolute atomic E-state index is 0.311. The minimum Gasteiger partial charge on any atom is -0.200 e. The van der Waals surface area contributed by atoms with Gasteiger partial charge in [-0.2, -0.15) is 0 Å². The van der Waals surface area contributed by atoms with E-state index in [0.717, 1.165) is 29.3 Å². The van der Waals surface area contributed by atoms with E-state index >= 15 is 0 Å². The Morgan fingerprint density at radius 3 is 2.20 bits per heavy atom. The first-order chi connectivity index (χ1) is 17.9. The summed E-state index contributed by atoms with van der Waals surface area (Å²) in [7, 11) is 2.00. The Kier molecular flexibility index (Phi) is 6.85. The fourth-order valence-corrected chi connectivity index (χ4v) is 7.11. The molecule has 0 radical (unpaired) electrons. The summed E-state index contributed by atoms with van der Waals surface area (Å²) in [5, 5.41) is 2.06. The maximum atomic E-state index is 8.93. The average Bonchev–Trinajstić information content (AvgIpc) is 2.94. The molecule has 0 atom stereocenters. The molecule has 2 aliphatic carbocycles. The highest BCUT2D eigenvalue weighted by Crippen LogP contribution is 2.42. The van der Waals surface area contributed by atoms with Crippen LogP contribution >= 0.6 is 0 Å². The van der Waals surface area contributed by atoms with Gasteiger partial charge in [-0.05, 0) is 103 Å². The van der Waals surface area contributed by atoms with E-state index in [9.17, 15) is 0 Å². The number of aromatic nitrogens is 1. The summed E-state index contributed by atoms with van der Waals surface area (Å²) in [4.78, 5) is 0. The van der Waals surface area contributed by atoms with E-state index in [0.29, 0.717) is 30.0 Å². The first-order valence-electron chi connectivity index (χ1n) is 15.5. The van der Waals surface area contributed by atoms with Crippen molar-refractivity contribution in [2.45, 2.75) is 116 Å². The van der Waals surface area contributed by atoms with Gasteiger partial charge in [0.25, 0.3) is 0 Å². The third-order valence-corrected chi connectivity index (χ3v) is 9.30. The molecule has 1 aromatic heterocycles. The van der Waals surface area contributed by atoms with Crippen molar-refractivity contribution in [1.82, 2.24) is 0 Å². The summed E-state index contributed by atoms with van der Waals surface area (Å²) < 4.78 is 19.8. The summed E-state index contributed by atoms with van der Waals surface area (Å²) in [5.41, 5.74) is 8.19. The Balaban J connectivity index is 1.75. The fourth-order valence-electron chi connectivity index (χ4n) is 7.11. The van der Waals surface area contributed by atoms with Crippen molar-refractivity contribution >= 4 is 10.8 Å². The van der Waals surface area contributed by atoms with Gasteiger partial charge < -0.3 is 0 Å². The van der Waals surface area contributed by atoms with Gasteiger partial charge >= 0.3 is 0 Å². The second-order valence-corrected chi connectivity index (χ2v) is 11.4. The first-order valence-corrected chi connectivity index (χ1v) is 14.5. The maximum absolute atomic E-state index is 8.93. The normalized spacial score (nSPS) is 18.8. The van der Waals surface area contributed by atoms with E-state index in [2.05, 4.69) is 51.1 Å². The molecular weight excluding hydrogens is 422 g/mol.